The second-order valence-corrected chi connectivity index (χ2v) is 6.89. The van der Waals surface area contributed by atoms with Crippen LogP contribution in [0.1, 0.15) is 48.7 Å². The van der Waals surface area contributed by atoms with Crippen LogP contribution in [0.4, 0.5) is 0 Å². The molecular weight excluding hydrogens is 240 g/mol. The van der Waals surface area contributed by atoms with Crippen molar-refractivity contribution in [1.82, 2.24) is 0 Å². The standard InChI is InChI=1S/C16H22OS/c1-11(2)12(3)18-10-16(17)15-8-7-13-5-4-6-14(13)9-15/h7-9,11-12H,4-6,10H2,1-3H3. The third-order valence-electron chi connectivity index (χ3n) is 3.84. The van der Waals surface area contributed by atoms with Crippen molar-refractivity contribution in [3.63, 3.8) is 0 Å². The lowest BCUT2D eigenvalue weighted by Crippen LogP contribution is -2.11. The van der Waals surface area contributed by atoms with Crippen LogP contribution in [0.25, 0.3) is 0 Å². The normalized spacial score (nSPS) is 15.8. The second-order valence-electron chi connectivity index (χ2n) is 5.52. The quantitative estimate of drug-likeness (QED) is 0.742. The lowest BCUT2D eigenvalue weighted by atomic mass is 10.0. The van der Waals surface area contributed by atoms with Gasteiger partial charge in [0.1, 0.15) is 0 Å². The van der Waals surface area contributed by atoms with E-state index in [2.05, 4.69) is 32.9 Å². The van der Waals surface area contributed by atoms with E-state index >= 15 is 0 Å². The van der Waals surface area contributed by atoms with Crippen LogP contribution in [0.2, 0.25) is 0 Å². The fourth-order valence-corrected chi connectivity index (χ4v) is 3.19. The molecule has 0 radical (unpaired) electrons. The topological polar surface area (TPSA) is 17.1 Å². The van der Waals surface area contributed by atoms with Crippen LogP contribution in [-0.4, -0.2) is 16.8 Å². The van der Waals surface area contributed by atoms with Crippen LogP contribution in [0.3, 0.4) is 0 Å². The molecule has 0 fully saturated rings. The third-order valence-corrected chi connectivity index (χ3v) is 5.34. The van der Waals surface area contributed by atoms with Gasteiger partial charge < -0.3 is 0 Å². The maximum Gasteiger partial charge on any atom is 0.172 e. The Bertz CT molecular complexity index is 437. The predicted molar refractivity (Wildman–Crippen MR) is 79.6 cm³/mol. The Morgan fingerprint density at radius 3 is 2.67 bits per heavy atom. The van der Waals surface area contributed by atoms with Gasteiger partial charge in [0.2, 0.25) is 0 Å². The minimum atomic E-state index is 0.280. The zero-order valence-corrected chi connectivity index (χ0v) is 12.3. The van der Waals surface area contributed by atoms with Crippen LogP contribution < -0.4 is 0 Å². The number of ketones is 1. The van der Waals surface area contributed by atoms with Gasteiger partial charge in [-0.15, -0.1) is 0 Å². The second kappa shape index (κ2) is 5.92. The van der Waals surface area contributed by atoms with E-state index in [0.717, 1.165) is 12.0 Å². The lowest BCUT2D eigenvalue weighted by Gasteiger charge is -2.14. The molecule has 1 atom stereocenters. The number of hydrogen-bond donors (Lipinski definition) is 0. The summed E-state index contributed by atoms with van der Waals surface area (Å²) in [5, 5.41) is 0.545. The molecule has 1 unspecified atom stereocenters. The summed E-state index contributed by atoms with van der Waals surface area (Å²) < 4.78 is 0. The van der Waals surface area contributed by atoms with E-state index in [4.69, 9.17) is 0 Å². The SMILES string of the molecule is CC(C)C(C)SCC(=O)c1ccc2c(c1)CCC2. The Labute approximate surface area is 114 Å². The monoisotopic (exact) mass is 262 g/mol. The zero-order chi connectivity index (χ0) is 13.1. The number of hydrogen-bond acceptors (Lipinski definition) is 2. The Balaban J connectivity index is 1.97. The molecule has 98 valence electrons. The highest BCUT2D eigenvalue weighted by atomic mass is 32.2. The number of Topliss-reactive ketones (excluding diaryl/α,β-unsaturated/α-hetero) is 1. The minimum absolute atomic E-state index is 0.280. The van der Waals surface area contributed by atoms with E-state index in [1.165, 1.54) is 24.0 Å². The Morgan fingerprint density at radius 1 is 1.22 bits per heavy atom. The average Bonchev–Trinajstić information content (AvgIpc) is 2.82. The predicted octanol–water partition coefficient (Wildman–Crippen LogP) is 4.14. The first-order chi connectivity index (χ1) is 8.58. The van der Waals surface area contributed by atoms with Crippen molar-refractivity contribution in [3.8, 4) is 0 Å². The van der Waals surface area contributed by atoms with Crippen LogP contribution >= 0.6 is 11.8 Å². The minimum Gasteiger partial charge on any atom is -0.293 e. The number of fused-ring (bicyclic) bond motifs is 1. The molecule has 2 rings (SSSR count). The van der Waals surface area contributed by atoms with E-state index in [1.54, 1.807) is 11.8 Å². The van der Waals surface area contributed by atoms with E-state index in [1.807, 2.05) is 6.07 Å². The highest BCUT2D eigenvalue weighted by Gasteiger charge is 2.15. The molecule has 0 saturated carbocycles. The molecule has 1 aliphatic rings. The van der Waals surface area contributed by atoms with Gasteiger partial charge >= 0.3 is 0 Å². The van der Waals surface area contributed by atoms with E-state index in [-0.39, 0.29) is 5.78 Å². The number of aryl methyl sites for hydroxylation is 2. The summed E-state index contributed by atoms with van der Waals surface area (Å²) in [7, 11) is 0. The van der Waals surface area contributed by atoms with Gasteiger partial charge in [-0.25, -0.2) is 0 Å². The van der Waals surface area contributed by atoms with Gasteiger partial charge in [-0.1, -0.05) is 32.9 Å². The molecule has 0 amide bonds. The van der Waals surface area contributed by atoms with Gasteiger partial charge in [0, 0.05) is 10.8 Å². The highest BCUT2D eigenvalue weighted by molar-refractivity contribution is 8.00. The van der Waals surface area contributed by atoms with Crippen molar-refractivity contribution in [3.05, 3.63) is 34.9 Å². The fraction of sp³-hybridized carbons (Fsp3) is 0.562. The summed E-state index contributed by atoms with van der Waals surface area (Å²) in [6.07, 6.45) is 3.57. The summed E-state index contributed by atoms with van der Waals surface area (Å²) in [5.41, 5.74) is 3.73. The molecule has 1 nitrogen and oxygen atoms in total. The molecule has 0 heterocycles. The van der Waals surface area contributed by atoms with E-state index in [9.17, 15) is 4.79 Å². The molecule has 0 N–H and O–H groups in total. The summed E-state index contributed by atoms with van der Waals surface area (Å²) in [4.78, 5) is 12.2. The summed E-state index contributed by atoms with van der Waals surface area (Å²) in [6, 6.07) is 6.27. The van der Waals surface area contributed by atoms with Crippen molar-refractivity contribution >= 4 is 17.5 Å². The van der Waals surface area contributed by atoms with Crippen molar-refractivity contribution in [1.29, 1.82) is 0 Å². The van der Waals surface area contributed by atoms with E-state index in [0.29, 0.717) is 16.9 Å². The number of thioether (sulfide) groups is 1. The molecule has 0 bridgehead atoms. The maximum absolute atomic E-state index is 12.2. The van der Waals surface area contributed by atoms with Gasteiger partial charge in [-0.05, 0) is 42.4 Å². The molecular formula is C16H22OS. The maximum atomic E-state index is 12.2. The number of rotatable bonds is 5. The van der Waals surface area contributed by atoms with Crippen LogP contribution in [0.15, 0.2) is 18.2 Å². The van der Waals surface area contributed by atoms with Gasteiger partial charge in [0.05, 0.1) is 5.75 Å². The first kappa shape index (κ1) is 13.7. The lowest BCUT2D eigenvalue weighted by molar-refractivity contribution is 0.102. The Morgan fingerprint density at radius 2 is 1.94 bits per heavy atom. The van der Waals surface area contributed by atoms with Crippen molar-refractivity contribution in [2.24, 2.45) is 5.92 Å². The Hall–Kier alpha value is -0.760. The molecule has 2 heteroatoms. The average molecular weight is 262 g/mol. The molecule has 0 spiro atoms. The number of benzene rings is 1. The van der Waals surface area contributed by atoms with Crippen molar-refractivity contribution in [2.75, 3.05) is 5.75 Å². The molecule has 1 aromatic carbocycles. The molecule has 0 aromatic heterocycles. The number of carbonyl (C=O) groups excluding carboxylic acids is 1. The Kier molecular flexibility index (Phi) is 4.50. The molecule has 1 aromatic rings. The largest absolute Gasteiger partial charge is 0.293 e. The van der Waals surface area contributed by atoms with Gasteiger partial charge in [-0.2, -0.15) is 11.8 Å². The summed E-state index contributed by atoms with van der Waals surface area (Å²) >= 11 is 1.77. The summed E-state index contributed by atoms with van der Waals surface area (Å²) in [5.74, 6) is 1.52. The first-order valence-corrected chi connectivity index (χ1v) is 7.89. The van der Waals surface area contributed by atoms with Gasteiger partial charge in [-0.3, -0.25) is 4.79 Å². The molecule has 18 heavy (non-hydrogen) atoms. The molecule has 1 aliphatic carbocycles. The highest BCUT2D eigenvalue weighted by Crippen LogP contribution is 2.24. The fourth-order valence-electron chi connectivity index (χ4n) is 2.23. The number of carbonyl (C=O) groups is 1. The summed E-state index contributed by atoms with van der Waals surface area (Å²) in [6.45, 7) is 6.61. The first-order valence-electron chi connectivity index (χ1n) is 6.84. The zero-order valence-electron chi connectivity index (χ0n) is 11.5. The van der Waals surface area contributed by atoms with Crippen LogP contribution in [0.5, 0.6) is 0 Å². The third kappa shape index (κ3) is 3.17. The molecule has 0 saturated heterocycles. The van der Waals surface area contributed by atoms with Crippen LogP contribution in [-0.2, 0) is 12.8 Å². The molecule has 0 aliphatic heterocycles. The van der Waals surface area contributed by atoms with Crippen molar-refractivity contribution in [2.45, 2.75) is 45.3 Å². The van der Waals surface area contributed by atoms with Gasteiger partial charge in [0.15, 0.2) is 5.78 Å². The van der Waals surface area contributed by atoms with Crippen LogP contribution in [0, 0.1) is 5.92 Å². The van der Waals surface area contributed by atoms with E-state index < -0.39 is 0 Å². The van der Waals surface area contributed by atoms with Crippen molar-refractivity contribution < 1.29 is 4.79 Å². The van der Waals surface area contributed by atoms with Gasteiger partial charge in [0.25, 0.3) is 0 Å². The smallest absolute Gasteiger partial charge is 0.172 e.